The van der Waals surface area contributed by atoms with E-state index in [0.717, 1.165) is 47.3 Å². The van der Waals surface area contributed by atoms with Crippen LogP contribution in [0.5, 0.6) is 5.75 Å². The normalized spacial score (nSPS) is 16.7. The molecule has 170 valence electrons. The van der Waals surface area contributed by atoms with Crippen LogP contribution in [0.4, 0.5) is 0 Å². The summed E-state index contributed by atoms with van der Waals surface area (Å²) in [6.45, 7) is 3.51. The molecule has 2 unspecified atom stereocenters. The number of pyridine rings is 1. The Bertz CT molecular complexity index is 1190. The van der Waals surface area contributed by atoms with Crippen LogP contribution < -0.4 is 4.74 Å². The largest absolute Gasteiger partial charge is 0.497 e. The number of benzene rings is 1. The Kier molecular flexibility index (Phi) is 6.36. The first-order chi connectivity index (χ1) is 16.2. The van der Waals surface area contributed by atoms with Gasteiger partial charge in [-0.05, 0) is 56.2 Å². The second-order valence-electron chi connectivity index (χ2n) is 7.73. The molecule has 1 saturated heterocycles. The molecule has 33 heavy (non-hydrogen) atoms. The average molecular weight is 465 g/mol. The van der Waals surface area contributed by atoms with Gasteiger partial charge >= 0.3 is 0 Å². The van der Waals surface area contributed by atoms with Gasteiger partial charge in [-0.1, -0.05) is 16.9 Å². The summed E-state index contributed by atoms with van der Waals surface area (Å²) >= 11 is 1.54. The summed E-state index contributed by atoms with van der Waals surface area (Å²) in [5, 5.41) is 13.8. The summed E-state index contributed by atoms with van der Waals surface area (Å²) in [6, 6.07) is 11.5. The topological polar surface area (TPSA) is 101 Å². The number of hydrogen-bond donors (Lipinski definition) is 0. The Morgan fingerprint density at radius 1 is 1.12 bits per heavy atom. The third kappa shape index (κ3) is 4.76. The standard InChI is InChI=1S/C23H24N6O3S/c1-15(22-25-20(28-32-22)16-9-11-24-12-10-16)33-23-27-26-21(17-5-7-18(30-2)8-6-17)29(23)14-19-4-3-13-31-19/h5-12,15,19H,3-4,13-14H2,1-2H3. The van der Waals surface area contributed by atoms with Crippen LogP contribution in [0, 0.1) is 0 Å². The Morgan fingerprint density at radius 2 is 1.94 bits per heavy atom. The van der Waals surface area contributed by atoms with Crippen molar-refractivity contribution in [2.45, 2.75) is 42.8 Å². The van der Waals surface area contributed by atoms with Crippen LogP contribution in [0.2, 0.25) is 0 Å². The van der Waals surface area contributed by atoms with Gasteiger partial charge < -0.3 is 14.0 Å². The summed E-state index contributed by atoms with van der Waals surface area (Å²) in [6.07, 6.45) is 5.66. The molecule has 0 saturated carbocycles. The van der Waals surface area contributed by atoms with Crippen molar-refractivity contribution in [1.82, 2.24) is 29.9 Å². The second-order valence-corrected chi connectivity index (χ2v) is 9.04. The summed E-state index contributed by atoms with van der Waals surface area (Å²) in [7, 11) is 1.66. The predicted octanol–water partition coefficient (Wildman–Crippen LogP) is 4.43. The van der Waals surface area contributed by atoms with Crippen LogP contribution in [-0.4, -0.2) is 49.7 Å². The van der Waals surface area contributed by atoms with Crippen LogP contribution in [0.1, 0.15) is 30.9 Å². The zero-order valence-electron chi connectivity index (χ0n) is 18.4. The van der Waals surface area contributed by atoms with Crippen molar-refractivity contribution in [1.29, 1.82) is 0 Å². The van der Waals surface area contributed by atoms with E-state index in [1.165, 1.54) is 11.8 Å². The van der Waals surface area contributed by atoms with Crippen LogP contribution >= 0.6 is 11.8 Å². The van der Waals surface area contributed by atoms with Gasteiger partial charge in [-0.25, -0.2) is 0 Å². The highest BCUT2D eigenvalue weighted by Gasteiger charge is 2.25. The van der Waals surface area contributed by atoms with Gasteiger partial charge in [-0.2, -0.15) is 4.98 Å². The first-order valence-corrected chi connectivity index (χ1v) is 11.7. The molecule has 10 heteroatoms. The van der Waals surface area contributed by atoms with Crippen LogP contribution in [0.3, 0.4) is 0 Å². The highest BCUT2D eigenvalue weighted by Crippen LogP contribution is 2.36. The van der Waals surface area contributed by atoms with E-state index in [4.69, 9.17) is 14.0 Å². The molecule has 1 aliphatic heterocycles. The van der Waals surface area contributed by atoms with Gasteiger partial charge in [0, 0.05) is 30.1 Å². The molecule has 0 N–H and O–H groups in total. The molecule has 9 nitrogen and oxygen atoms in total. The average Bonchev–Trinajstić information content (AvgIpc) is 3.62. The number of rotatable bonds is 8. The number of thioether (sulfide) groups is 1. The monoisotopic (exact) mass is 464 g/mol. The molecule has 0 bridgehead atoms. The number of aromatic nitrogens is 6. The van der Waals surface area contributed by atoms with E-state index in [2.05, 4.69) is 29.9 Å². The fourth-order valence-corrected chi connectivity index (χ4v) is 4.60. The van der Waals surface area contributed by atoms with Crippen LogP contribution in [-0.2, 0) is 11.3 Å². The molecule has 2 atom stereocenters. The molecular formula is C23H24N6O3S. The Labute approximate surface area is 195 Å². The van der Waals surface area contributed by atoms with Gasteiger partial charge in [-0.15, -0.1) is 10.2 Å². The van der Waals surface area contributed by atoms with Crippen LogP contribution in [0.15, 0.2) is 58.5 Å². The third-order valence-corrected chi connectivity index (χ3v) is 6.55. The molecule has 0 radical (unpaired) electrons. The van der Waals surface area contributed by atoms with Crippen molar-refractivity contribution in [3.8, 4) is 28.5 Å². The Balaban J connectivity index is 1.41. The highest BCUT2D eigenvalue weighted by molar-refractivity contribution is 7.99. The van der Waals surface area contributed by atoms with Crippen LogP contribution in [0.25, 0.3) is 22.8 Å². The lowest BCUT2D eigenvalue weighted by Gasteiger charge is -2.15. The third-order valence-electron chi connectivity index (χ3n) is 5.49. The number of ether oxygens (including phenoxy) is 2. The first-order valence-electron chi connectivity index (χ1n) is 10.8. The molecule has 0 aliphatic carbocycles. The number of nitrogens with zero attached hydrogens (tertiary/aromatic N) is 6. The molecule has 3 aromatic heterocycles. The van der Waals surface area contributed by atoms with E-state index >= 15 is 0 Å². The van der Waals surface area contributed by atoms with Gasteiger partial charge in [0.25, 0.3) is 0 Å². The molecule has 1 aromatic carbocycles. The molecule has 4 heterocycles. The van der Waals surface area contributed by atoms with E-state index in [-0.39, 0.29) is 11.4 Å². The van der Waals surface area contributed by atoms with Gasteiger partial charge in [-0.3, -0.25) is 9.55 Å². The minimum atomic E-state index is -0.107. The summed E-state index contributed by atoms with van der Waals surface area (Å²) < 4.78 is 18.9. The van der Waals surface area contributed by atoms with Crippen molar-refractivity contribution >= 4 is 11.8 Å². The molecule has 0 spiro atoms. The lowest BCUT2D eigenvalue weighted by molar-refractivity contribution is 0.0953. The van der Waals surface area contributed by atoms with E-state index in [0.29, 0.717) is 18.3 Å². The predicted molar refractivity (Wildman–Crippen MR) is 123 cm³/mol. The zero-order chi connectivity index (χ0) is 22.6. The fraction of sp³-hybridized carbons (Fsp3) is 0.348. The highest BCUT2D eigenvalue weighted by atomic mass is 32.2. The SMILES string of the molecule is COc1ccc(-c2nnc(SC(C)c3nc(-c4ccncc4)no3)n2CC2CCCO2)cc1. The quantitative estimate of drug-likeness (QED) is 0.350. The summed E-state index contributed by atoms with van der Waals surface area (Å²) in [5.74, 6) is 2.67. The van der Waals surface area contributed by atoms with E-state index in [9.17, 15) is 0 Å². The lowest BCUT2D eigenvalue weighted by Crippen LogP contribution is -2.16. The minimum Gasteiger partial charge on any atom is -0.497 e. The number of hydrogen-bond acceptors (Lipinski definition) is 9. The molecule has 0 amide bonds. The van der Waals surface area contributed by atoms with Crippen molar-refractivity contribution in [2.75, 3.05) is 13.7 Å². The van der Waals surface area contributed by atoms with Gasteiger partial charge in [0.15, 0.2) is 11.0 Å². The second kappa shape index (κ2) is 9.72. The molecule has 1 fully saturated rings. The van der Waals surface area contributed by atoms with Gasteiger partial charge in [0.2, 0.25) is 11.7 Å². The summed E-state index contributed by atoms with van der Waals surface area (Å²) in [4.78, 5) is 8.60. The summed E-state index contributed by atoms with van der Waals surface area (Å²) in [5.41, 5.74) is 1.83. The maximum Gasteiger partial charge on any atom is 0.240 e. The van der Waals surface area contributed by atoms with E-state index < -0.39 is 0 Å². The molecule has 5 rings (SSSR count). The number of methoxy groups -OCH3 is 1. The van der Waals surface area contributed by atoms with Crippen molar-refractivity contribution in [3.05, 3.63) is 54.7 Å². The smallest absolute Gasteiger partial charge is 0.240 e. The Morgan fingerprint density at radius 3 is 2.67 bits per heavy atom. The maximum atomic E-state index is 5.90. The van der Waals surface area contributed by atoms with Crippen molar-refractivity contribution in [3.63, 3.8) is 0 Å². The first kappa shape index (κ1) is 21.6. The van der Waals surface area contributed by atoms with E-state index in [1.54, 1.807) is 19.5 Å². The van der Waals surface area contributed by atoms with Gasteiger partial charge in [0.05, 0.1) is 25.0 Å². The van der Waals surface area contributed by atoms with Crippen molar-refractivity contribution < 1.29 is 14.0 Å². The van der Waals surface area contributed by atoms with Crippen molar-refractivity contribution in [2.24, 2.45) is 0 Å². The van der Waals surface area contributed by atoms with Gasteiger partial charge in [0.1, 0.15) is 5.75 Å². The molecule has 4 aromatic rings. The maximum absolute atomic E-state index is 5.90. The lowest BCUT2D eigenvalue weighted by atomic mass is 10.2. The fourth-order valence-electron chi connectivity index (χ4n) is 3.71. The van der Waals surface area contributed by atoms with E-state index in [1.807, 2.05) is 43.3 Å². The Hall–Kier alpha value is -3.24. The zero-order valence-corrected chi connectivity index (χ0v) is 19.2. The molecular weight excluding hydrogens is 440 g/mol. The molecule has 1 aliphatic rings. The minimum absolute atomic E-state index is 0.107.